The molecule has 3 aromatic carbocycles. The lowest BCUT2D eigenvalue weighted by molar-refractivity contribution is -0.0191. The van der Waals surface area contributed by atoms with E-state index in [2.05, 4.69) is 61.8 Å². The molecule has 4 heteroatoms. The van der Waals surface area contributed by atoms with Gasteiger partial charge in [0.25, 0.3) is 5.85 Å². The molecule has 3 aliphatic rings. The van der Waals surface area contributed by atoms with Crippen LogP contribution in [0.5, 0.6) is 0 Å². The highest BCUT2D eigenvalue weighted by Gasteiger charge is 2.60. The molecule has 6 rings (SSSR count). The third-order valence-electron chi connectivity index (χ3n) is 6.71. The van der Waals surface area contributed by atoms with Crippen molar-refractivity contribution in [2.24, 2.45) is 0 Å². The van der Waals surface area contributed by atoms with Gasteiger partial charge in [-0.25, -0.2) is 4.79 Å². The largest absolute Gasteiger partial charge is 0.411 e. The van der Waals surface area contributed by atoms with Crippen LogP contribution in [-0.2, 0) is 23.7 Å². The minimum Gasteiger partial charge on any atom is -0.411 e. The molecule has 0 fully saturated rings. The molecule has 0 unspecified atom stereocenters. The summed E-state index contributed by atoms with van der Waals surface area (Å²) in [4.78, 5) is 17.6. The number of carbonyl (C=O) groups is 1. The monoisotopic (exact) mass is 396 g/mol. The van der Waals surface area contributed by atoms with Crippen molar-refractivity contribution in [3.63, 3.8) is 0 Å². The third-order valence-corrected chi connectivity index (χ3v) is 6.71. The van der Waals surface area contributed by atoms with Gasteiger partial charge >= 0.3 is 5.97 Å². The summed E-state index contributed by atoms with van der Waals surface area (Å²) in [6, 6.07) is 16.8. The van der Waals surface area contributed by atoms with Gasteiger partial charge in [0.05, 0.1) is 35.6 Å². The zero-order valence-electron chi connectivity index (χ0n) is 17.7. The van der Waals surface area contributed by atoms with Crippen LogP contribution in [0.15, 0.2) is 48.5 Å². The van der Waals surface area contributed by atoms with Gasteiger partial charge < -0.3 is 14.5 Å². The second-order valence-electron chi connectivity index (χ2n) is 8.89. The fraction of sp³-hybridized carbons (Fsp3) is 0.269. The predicted molar refractivity (Wildman–Crippen MR) is 118 cm³/mol. The van der Waals surface area contributed by atoms with E-state index in [0.717, 1.165) is 5.56 Å². The van der Waals surface area contributed by atoms with Gasteiger partial charge in [-0.2, -0.15) is 0 Å². The number of aryl methyl sites for hydroxylation is 4. The Bertz CT molecular complexity index is 1190. The van der Waals surface area contributed by atoms with Crippen LogP contribution in [0.3, 0.4) is 0 Å². The average Bonchev–Trinajstić information content (AvgIpc) is 2.96. The maximum absolute atomic E-state index is 13.0. The highest BCUT2D eigenvalue weighted by atomic mass is 16.6. The quantitative estimate of drug-likeness (QED) is 0.487. The van der Waals surface area contributed by atoms with Crippen LogP contribution < -0.4 is 9.80 Å². The minimum absolute atomic E-state index is 0.248. The predicted octanol–water partition coefficient (Wildman–Crippen LogP) is 5.24. The average molecular weight is 396 g/mol. The van der Waals surface area contributed by atoms with Gasteiger partial charge in [0.1, 0.15) is 0 Å². The summed E-state index contributed by atoms with van der Waals surface area (Å²) in [5.41, 5.74) is 11.5. The maximum atomic E-state index is 13.0. The summed E-state index contributed by atoms with van der Waals surface area (Å²) in [5, 5.41) is 0. The van der Waals surface area contributed by atoms with Gasteiger partial charge in [0.15, 0.2) is 0 Å². The van der Waals surface area contributed by atoms with E-state index in [1.165, 1.54) is 44.8 Å². The number of ether oxygens (including phenoxy) is 1. The number of hydrogen-bond acceptors (Lipinski definition) is 4. The highest BCUT2D eigenvalue weighted by Crippen LogP contribution is 2.56. The Hall–Kier alpha value is -3.27. The zero-order chi connectivity index (χ0) is 20.8. The Balaban J connectivity index is 1.71. The van der Waals surface area contributed by atoms with Gasteiger partial charge in [0, 0.05) is 0 Å². The molecule has 0 N–H and O–H groups in total. The Morgan fingerprint density at radius 1 is 0.800 bits per heavy atom. The van der Waals surface area contributed by atoms with Crippen molar-refractivity contribution in [2.75, 3.05) is 9.80 Å². The van der Waals surface area contributed by atoms with E-state index in [4.69, 9.17) is 4.74 Å². The summed E-state index contributed by atoms with van der Waals surface area (Å²) in [5.74, 6) is -1.18. The van der Waals surface area contributed by atoms with Crippen LogP contribution in [0.4, 0.5) is 11.4 Å². The molecule has 3 heterocycles. The standard InChI is InChI=1S/C26H24N2O2/c1-15-9-17(3)23-19(11-15)13-27-24-18(4)10-16(2)12-20(24)14-28(23)26(27)22-8-6-5-7-21(22)25(29)30-26/h5-12H,13-14H2,1-4H3. The van der Waals surface area contributed by atoms with Crippen LogP contribution >= 0.6 is 0 Å². The molecule has 0 amide bonds. The first-order chi connectivity index (χ1) is 14.4. The van der Waals surface area contributed by atoms with Crippen LogP contribution in [0.25, 0.3) is 0 Å². The molecule has 30 heavy (non-hydrogen) atoms. The number of rotatable bonds is 0. The van der Waals surface area contributed by atoms with Crippen molar-refractivity contribution in [1.29, 1.82) is 0 Å². The molecule has 0 aliphatic carbocycles. The van der Waals surface area contributed by atoms with Crippen LogP contribution in [0.1, 0.15) is 49.3 Å². The molecule has 0 saturated heterocycles. The highest BCUT2D eigenvalue weighted by molar-refractivity contribution is 5.97. The number of carbonyl (C=O) groups excluding carboxylic acids is 1. The molecule has 0 aromatic heterocycles. The molecule has 0 saturated carbocycles. The minimum atomic E-state index is -0.937. The van der Waals surface area contributed by atoms with Gasteiger partial charge in [-0.15, -0.1) is 0 Å². The van der Waals surface area contributed by atoms with Crippen LogP contribution in [0.2, 0.25) is 0 Å². The fourth-order valence-electron chi connectivity index (χ4n) is 5.86. The molecular weight excluding hydrogens is 372 g/mol. The normalized spacial score (nSPS) is 17.5. The second kappa shape index (κ2) is 5.66. The van der Waals surface area contributed by atoms with E-state index in [9.17, 15) is 4.79 Å². The number of anilines is 2. The van der Waals surface area contributed by atoms with E-state index in [1.807, 2.05) is 24.3 Å². The topological polar surface area (TPSA) is 32.8 Å². The van der Waals surface area contributed by atoms with E-state index < -0.39 is 5.85 Å². The zero-order valence-corrected chi connectivity index (χ0v) is 17.7. The molecular formula is C26H24N2O2. The van der Waals surface area contributed by atoms with Crippen molar-refractivity contribution in [3.05, 3.63) is 93.0 Å². The number of hydrogen-bond donors (Lipinski definition) is 0. The third kappa shape index (κ3) is 2.03. The molecule has 0 atom stereocenters. The lowest BCUT2D eigenvalue weighted by Gasteiger charge is -2.57. The molecule has 0 radical (unpaired) electrons. The van der Waals surface area contributed by atoms with E-state index in [1.54, 1.807) is 0 Å². The van der Waals surface area contributed by atoms with E-state index in [0.29, 0.717) is 18.7 Å². The maximum Gasteiger partial charge on any atom is 0.342 e. The Morgan fingerprint density at radius 2 is 1.33 bits per heavy atom. The van der Waals surface area contributed by atoms with Crippen LogP contribution in [-0.4, -0.2) is 5.97 Å². The van der Waals surface area contributed by atoms with E-state index >= 15 is 0 Å². The fourth-order valence-corrected chi connectivity index (χ4v) is 5.86. The molecule has 3 aliphatic heterocycles. The number of benzene rings is 3. The molecule has 4 nitrogen and oxygen atoms in total. The second-order valence-corrected chi connectivity index (χ2v) is 8.89. The van der Waals surface area contributed by atoms with Gasteiger partial charge in [-0.05, 0) is 56.0 Å². The first kappa shape index (κ1) is 17.6. The SMILES string of the molecule is Cc1cc(C)c2c(c1)CN1c3c(C)cc(C)cc3CN2C12OC(=O)c1ccccc12. The van der Waals surface area contributed by atoms with Crippen molar-refractivity contribution >= 4 is 17.3 Å². The molecule has 3 aromatic rings. The first-order valence-electron chi connectivity index (χ1n) is 10.5. The lowest BCUT2D eigenvalue weighted by Crippen LogP contribution is -2.64. The van der Waals surface area contributed by atoms with Crippen molar-refractivity contribution in [3.8, 4) is 0 Å². The van der Waals surface area contributed by atoms with Gasteiger partial charge in [-0.3, -0.25) is 0 Å². The number of nitrogens with zero attached hydrogens (tertiary/aromatic N) is 2. The smallest absolute Gasteiger partial charge is 0.342 e. The Kier molecular flexibility index (Phi) is 3.32. The summed E-state index contributed by atoms with van der Waals surface area (Å²) < 4.78 is 6.32. The van der Waals surface area contributed by atoms with Gasteiger partial charge in [0.2, 0.25) is 0 Å². The molecule has 1 spiro atoms. The van der Waals surface area contributed by atoms with Gasteiger partial charge in [-0.1, -0.05) is 53.6 Å². The van der Waals surface area contributed by atoms with Crippen molar-refractivity contribution in [2.45, 2.75) is 46.6 Å². The molecule has 2 bridgehead atoms. The first-order valence-corrected chi connectivity index (χ1v) is 10.5. The Labute approximate surface area is 176 Å². The lowest BCUT2D eigenvalue weighted by atomic mass is 9.88. The number of fused-ring (bicyclic) bond motifs is 5. The van der Waals surface area contributed by atoms with Crippen LogP contribution in [0, 0.1) is 27.7 Å². The molecule has 150 valence electrons. The number of esters is 1. The van der Waals surface area contributed by atoms with Crippen molar-refractivity contribution in [1.82, 2.24) is 0 Å². The van der Waals surface area contributed by atoms with E-state index in [-0.39, 0.29) is 5.97 Å². The summed E-state index contributed by atoms with van der Waals surface area (Å²) >= 11 is 0. The summed E-state index contributed by atoms with van der Waals surface area (Å²) in [6.07, 6.45) is 0. The van der Waals surface area contributed by atoms with Crippen molar-refractivity contribution < 1.29 is 9.53 Å². The summed E-state index contributed by atoms with van der Waals surface area (Å²) in [6.45, 7) is 10.0. The summed E-state index contributed by atoms with van der Waals surface area (Å²) in [7, 11) is 0. The Morgan fingerprint density at radius 3 is 1.90 bits per heavy atom.